The molecule has 0 saturated carbocycles. The van der Waals surface area contributed by atoms with Crippen LogP contribution < -0.4 is 10.6 Å². The lowest BCUT2D eigenvalue weighted by Gasteiger charge is -2.09. The number of aryl methyl sites for hydroxylation is 2. The maximum absolute atomic E-state index is 12.1. The number of para-hydroxylation sites is 1. The zero-order valence-corrected chi connectivity index (χ0v) is 15.0. The van der Waals surface area contributed by atoms with Crippen LogP contribution in [-0.2, 0) is 11.2 Å². The smallest absolute Gasteiger partial charge is 0.224 e. The van der Waals surface area contributed by atoms with Crippen molar-refractivity contribution in [1.82, 2.24) is 0 Å². The maximum atomic E-state index is 12.1. The molecule has 0 saturated heterocycles. The van der Waals surface area contributed by atoms with Crippen molar-refractivity contribution in [2.45, 2.75) is 26.2 Å². The molecule has 3 aromatic rings. The molecule has 2 N–H and O–H groups in total. The lowest BCUT2D eigenvalue weighted by Crippen LogP contribution is -2.11. The van der Waals surface area contributed by atoms with E-state index in [4.69, 9.17) is 0 Å². The number of carbonyl (C=O) groups is 1. The number of hydrogen-bond acceptors (Lipinski definition) is 2. The van der Waals surface area contributed by atoms with Crippen molar-refractivity contribution in [1.29, 1.82) is 0 Å². The Kier molecular flexibility index (Phi) is 6.05. The van der Waals surface area contributed by atoms with Crippen LogP contribution in [0.2, 0.25) is 0 Å². The van der Waals surface area contributed by atoms with E-state index in [0.29, 0.717) is 6.42 Å². The van der Waals surface area contributed by atoms with Gasteiger partial charge in [-0.15, -0.1) is 0 Å². The van der Waals surface area contributed by atoms with Gasteiger partial charge in [-0.25, -0.2) is 0 Å². The molecule has 0 bridgehead atoms. The van der Waals surface area contributed by atoms with Gasteiger partial charge in [0.2, 0.25) is 5.91 Å². The van der Waals surface area contributed by atoms with E-state index in [9.17, 15) is 4.79 Å². The summed E-state index contributed by atoms with van der Waals surface area (Å²) in [6, 6.07) is 26.3. The zero-order chi connectivity index (χ0) is 18.2. The van der Waals surface area contributed by atoms with Crippen LogP contribution in [0.25, 0.3) is 0 Å². The molecule has 132 valence electrons. The zero-order valence-electron chi connectivity index (χ0n) is 15.0. The molecular weight excluding hydrogens is 320 g/mol. The first-order valence-corrected chi connectivity index (χ1v) is 8.96. The minimum atomic E-state index is 0.0564. The van der Waals surface area contributed by atoms with E-state index in [1.807, 2.05) is 54.6 Å². The van der Waals surface area contributed by atoms with Gasteiger partial charge in [0.1, 0.15) is 0 Å². The number of carbonyl (C=O) groups excluding carboxylic acids is 1. The molecule has 0 aliphatic heterocycles. The van der Waals surface area contributed by atoms with Gasteiger partial charge in [-0.1, -0.05) is 48.0 Å². The molecule has 0 atom stereocenters. The van der Waals surface area contributed by atoms with Gasteiger partial charge in [0, 0.05) is 23.5 Å². The average molecular weight is 344 g/mol. The number of amides is 1. The second-order valence-corrected chi connectivity index (χ2v) is 6.46. The van der Waals surface area contributed by atoms with Crippen molar-refractivity contribution < 1.29 is 4.79 Å². The summed E-state index contributed by atoms with van der Waals surface area (Å²) in [5.41, 5.74) is 5.40. The molecule has 0 radical (unpaired) electrons. The van der Waals surface area contributed by atoms with Crippen LogP contribution in [0.3, 0.4) is 0 Å². The van der Waals surface area contributed by atoms with Crippen LogP contribution in [-0.4, -0.2) is 5.91 Å². The lowest BCUT2D eigenvalue weighted by molar-refractivity contribution is -0.116. The number of rotatable bonds is 7. The Labute approximate surface area is 155 Å². The molecule has 0 aliphatic rings. The van der Waals surface area contributed by atoms with E-state index in [-0.39, 0.29) is 5.91 Å². The monoisotopic (exact) mass is 344 g/mol. The number of benzene rings is 3. The summed E-state index contributed by atoms with van der Waals surface area (Å²) in [5.74, 6) is 0.0564. The summed E-state index contributed by atoms with van der Waals surface area (Å²) in [5, 5.41) is 6.29. The predicted octanol–water partition coefficient (Wildman–Crippen LogP) is 5.70. The predicted molar refractivity (Wildman–Crippen MR) is 109 cm³/mol. The molecule has 3 aromatic carbocycles. The first-order valence-electron chi connectivity index (χ1n) is 8.96. The van der Waals surface area contributed by atoms with Gasteiger partial charge in [-0.05, 0) is 61.7 Å². The molecule has 0 heterocycles. The summed E-state index contributed by atoms with van der Waals surface area (Å²) in [7, 11) is 0. The van der Waals surface area contributed by atoms with E-state index in [2.05, 4.69) is 41.8 Å². The van der Waals surface area contributed by atoms with Crippen LogP contribution in [0.5, 0.6) is 0 Å². The fourth-order valence-corrected chi connectivity index (χ4v) is 2.76. The first-order chi connectivity index (χ1) is 12.7. The van der Waals surface area contributed by atoms with E-state index in [1.54, 1.807) is 0 Å². The normalized spacial score (nSPS) is 10.3. The number of anilines is 3. The van der Waals surface area contributed by atoms with Crippen LogP contribution >= 0.6 is 0 Å². The molecule has 26 heavy (non-hydrogen) atoms. The summed E-state index contributed by atoms with van der Waals surface area (Å²) in [4.78, 5) is 12.1. The van der Waals surface area contributed by atoms with Gasteiger partial charge in [-0.2, -0.15) is 0 Å². The quantitative estimate of drug-likeness (QED) is 0.577. The average Bonchev–Trinajstić information content (AvgIpc) is 2.66. The molecule has 3 nitrogen and oxygen atoms in total. The largest absolute Gasteiger partial charge is 0.356 e. The third-order valence-electron chi connectivity index (χ3n) is 4.22. The molecular formula is C23H24N2O. The first kappa shape index (κ1) is 17.7. The van der Waals surface area contributed by atoms with Crippen molar-refractivity contribution >= 4 is 23.0 Å². The van der Waals surface area contributed by atoms with Crippen molar-refractivity contribution in [2.75, 3.05) is 10.6 Å². The van der Waals surface area contributed by atoms with E-state index in [1.165, 1.54) is 11.1 Å². The SMILES string of the molecule is Cc1ccc(CCCC(=O)Nc2ccc(Nc3ccccc3)cc2)cc1. The van der Waals surface area contributed by atoms with Gasteiger partial charge in [-0.3, -0.25) is 4.79 Å². The highest BCUT2D eigenvalue weighted by molar-refractivity contribution is 5.90. The van der Waals surface area contributed by atoms with Gasteiger partial charge >= 0.3 is 0 Å². The lowest BCUT2D eigenvalue weighted by atomic mass is 10.1. The molecule has 0 unspecified atom stereocenters. The summed E-state index contributed by atoms with van der Waals surface area (Å²) in [6.45, 7) is 2.08. The third-order valence-corrected chi connectivity index (χ3v) is 4.22. The van der Waals surface area contributed by atoms with Gasteiger partial charge < -0.3 is 10.6 Å². The fraction of sp³-hybridized carbons (Fsp3) is 0.174. The molecule has 0 aliphatic carbocycles. The van der Waals surface area contributed by atoms with Crippen molar-refractivity contribution in [3.63, 3.8) is 0 Å². The van der Waals surface area contributed by atoms with Gasteiger partial charge in [0.25, 0.3) is 0 Å². The molecule has 0 fully saturated rings. The standard InChI is InChI=1S/C23H24N2O/c1-18-10-12-19(13-11-18)6-5-9-23(26)25-22-16-14-21(15-17-22)24-20-7-3-2-4-8-20/h2-4,7-8,10-17,24H,5-6,9H2,1H3,(H,25,26). The molecule has 0 spiro atoms. The minimum absolute atomic E-state index is 0.0564. The Bertz CT molecular complexity index is 824. The Morgan fingerprint density at radius 2 is 1.38 bits per heavy atom. The highest BCUT2D eigenvalue weighted by Gasteiger charge is 2.03. The van der Waals surface area contributed by atoms with Crippen molar-refractivity contribution in [3.05, 3.63) is 90.0 Å². The van der Waals surface area contributed by atoms with Crippen molar-refractivity contribution in [3.8, 4) is 0 Å². The summed E-state index contributed by atoms with van der Waals surface area (Å²) in [6.07, 6.45) is 2.30. The summed E-state index contributed by atoms with van der Waals surface area (Å²) >= 11 is 0. The molecule has 1 amide bonds. The Morgan fingerprint density at radius 1 is 0.769 bits per heavy atom. The number of hydrogen-bond donors (Lipinski definition) is 2. The van der Waals surface area contributed by atoms with Gasteiger partial charge in [0.15, 0.2) is 0 Å². The Balaban J connectivity index is 1.44. The second kappa shape index (κ2) is 8.86. The van der Waals surface area contributed by atoms with Crippen LogP contribution in [0, 0.1) is 6.92 Å². The Hall–Kier alpha value is -3.07. The molecule has 3 heteroatoms. The fourth-order valence-electron chi connectivity index (χ4n) is 2.76. The molecule has 3 rings (SSSR count). The Morgan fingerprint density at radius 3 is 2.08 bits per heavy atom. The van der Waals surface area contributed by atoms with E-state index < -0.39 is 0 Å². The summed E-state index contributed by atoms with van der Waals surface area (Å²) < 4.78 is 0. The topological polar surface area (TPSA) is 41.1 Å². The maximum Gasteiger partial charge on any atom is 0.224 e. The third kappa shape index (κ3) is 5.49. The highest BCUT2D eigenvalue weighted by atomic mass is 16.1. The van der Waals surface area contributed by atoms with Crippen LogP contribution in [0.4, 0.5) is 17.1 Å². The van der Waals surface area contributed by atoms with Crippen LogP contribution in [0.1, 0.15) is 24.0 Å². The number of nitrogens with one attached hydrogen (secondary N) is 2. The second-order valence-electron chi connectivity index (χ2n) is 6.46. The van der Waals surface area contributed by atoms with Gasteiger partial charge in [0.05, 0.1) is 0 Å². The van der Waals surface area contributed by atoms with E-state index in [0.717, 1.165) is 29.9 Å². The highest BCUT2D eigenvalue weighted by Crippen LogP contribution is 2.19. The van der Waals surface area contributed by atoms with E-state index >= 15 is 0 Å². The minimum Gasteiger partial charge on any atom is -0.356 e. The van der Waals surface area contributed by atoms with Crippen molar-refractivity contribution in [2.24, 2.45) is 0 Å². The van der Waals surface area contributed by atoms with Crippen LogP contribution in [0.15, 0.2) is 78.9 Å². The molecule has 0 aromatic heterocycles.